The highest BCUT2D eigenvalue weighted by molar-refractivity contribution is 5.79. The Kier molecular flexibility index (Phi) is 6.66. The zero-order valence-corrected chi connectivity index (χ0v) is 14.6. The van der Waals surface area contributed by atoms with Crippen LogP contribution in [0.3, 0.4) is 0 Å². The van der Waals surface area contributed by atoms with Crippen molar-refractivity contribution < 1.29 is 9.53 Å². The molecule has 128 valence electrons. The van der Waals surface area contributed by atoms with Crippen molar-refractivity contribution >= 4 is 5.91 Å². The zero-order valence-electron chi connectivity index (χ0n) is 14.6. The minimum Gasteiger partial charge on any atom is -0.383 e. The molecule has 0 radical (unpaired) electrons. The van der Waals surface area contributed by atoms with Gasteiger partial charge in [0, 0.05) is 32.3 Å². The van der Waals surface area contributed by atoms with Crippen molar-refractivity contribution in [3.8, 4) is 0 Å². The van der Waals surface area contributed by atoms with Crippen molar-refractivity contribution in [3.05, 3.63) is 0 Å². The highest BCUT2D eigenvalue weighted by Crippen LogP contribution is 2.31. The molecule has 2 fully saturated rings. The average molecular weight is 311 g/mol. The molecule has 1 saturated carbocycles. The molecule has 1 heterocycles. The maximum Gasteiger partial charge on any atom is 0.224 e. The average Bonchev–Trinajstić information content (AvgIpc) is 3.00. The minimum atomic E-state index is 0.152. The number of nitrogens with zero attached hydrogens (tertiary/aromatic N) is 2. The Bertz CT molecular complexity index is 354. The number of amides is 1. The number of likely N-dealkylation sites (tertiary alicyclic amines) is 1. The van der Waals surface area contributed by atoms with Crippen molar-refractivity contribution in [2.75, 3.05) is 54.0 Å². The van der Waals surface area contributed by atoms with Gasteiger partial charge in [-0.15, -0.1) is 0 Å². The van der Waals surface area contributed by atoms with Crippen molar-refractivity contribution in [1.82, 2.24) is 15.1 Å². The van der Waals surface area contributed by atoms with Crippen molar-refractivity contribution in [1.29, 1.82) is 0 Å². The van der Waals surface area contributed by atoms with E-state index in [4.69, 9.17) is 4.74 Å². The van der Waals surface area contributed by atoms with Crippen LogP contribution in [0, 0.1) is 5.92 Å². The Morgan fingerprint density at radius 3 is 2.68 bits per heavy atom. The lowest BCUT2D eigenvalue weighted by molar-refractivity contribution is -0.125. The van der Waals surface area contributed by atoms with Gasteiger partial charge in [0.2, 0.25) is 5.91 Å². The SMILES string of the molecule is COCCN1CCC(C(=O)NCC2(N(C)C)CCCCC2)C1. The Balaban J connectivity index is 1.79. The second-order valence-electron chi connectivity index (χ2n) is 7.18. The van der Waals surface area contributed by atoms with Gasteiger partial charge in [-0.1, -0.05) is 19.3 Å². The van der Waals surface area contributed by atoms with E-state index in [9.17, 15) is 4.79 Å². The molecule has 2 rings (SSSR count). The molecule has 0 bridgehead atoms. The molecule has 0 aromatic rings. The third kappa shape index (κ3) is 4.43. The van der Waals surface area contributed by atoms with Gasteiger partial charge in [0.25, 0.3) is 0 Å². The number of carbonyl (C=O) groups is 1. The van der Waals surface area contributed by atoms with Crippen LogP contribution in [0.4, 0.5) is 0 Å². The smallest absolute Gasteiger partial charge is 0.224 e. The van der Waals surface area contributed by atoms with E-state index in [1.54, 1.807) is 7.11 Å². The van der Waals surface area contributed by atoms with Crippen LogP contribution in [-0.2, 0) is 9.53 Å². The molecular formula is C17H33N3O2. The molecule has 5 heteroatoms. The Morgan fingerprint density at radius 2 is 2.05 bits per heavy atom. The molecule has 5 nitrogen and oxygen atoms in total. The van der Waals surface area contributed by atoms with Gasteiger partial charge in [0.15, 0.2) is 0 Å². The monoisotopic (exact) mass is 311 g/mol. The standard InChI is InChI=1S/C17H33N3O2/c1-19(2)17(8-5-4-6-9-17)14-18-16(21)15-7-10-20(13-15)11-12-22-3/h15H,4-14H2,1-3H3,(H,18,21). The van der Waals surface area contributed by atoms with Gasteiger partial charge in [-0.2, -0.15) is 0 Å². The maximum atomic E-state index is 12.5. The third-order valence-electron chi connectivity index (χ3n) is 5.58. The predicted octanol–water partition coefficient (Wildman–Crippen LogP) is 1.34. The fourth-order valence-corrected chi connectivity index (χ4v) is 3.86. The summed E-state index contributed by atoms with van der Waals surface area (Å²) in [4.78, 5) is 17.1. The summed E-state index contributed by atoms with van der Waals surface area (Å²) in [6.45, 7) is 4.37. The lowest BCUT2D eigenvalue weighted by Crippen LogP contribution is -2.54. The largest absolute Gasteiger partial charge is 0.383 e. The molecule has 1 atom stereocenters. The lowest BCUT2D eigenvalue weighted by Gasteiger charge is -2.43. The fourth-order valence-electron chi connectivity index (χ4n) is 3.86. The van der Waals surface area contributed by atoms with E-state index in [-0.39, 0.29) is 17.4 Å². The molecule has 2 aliphatic rings. The van der Waals surface area contributed by atoms with Gasteiger partial charge in [0.05, 0.1) is 12.5 Å². The second kappa shape index (κ2) is 8.27. The molecule has 22 heavy (non-hydrogen) atoms. The Hall–Kier alpha value is -0.650. The topological polar surface area (TPSA) is 44.8 Å². The summed E-state index contributed by atoms with van der Waals surface area (Å²) in [5, 5.41) is 3.25. The van der Waals surface area contributed by atoms with E-state index < -0.39 is 0 Å². The molecule has 1 aliphatic heterocycles. The van der Waals surface area contributed by atoms with Crippen LogP contribution in [0.15, 0.2) is 0 Å². The normalized spacial score (nSPS) is 25.5. The molecule has 1 aliphatic carbocycles. The quantitative estimate of drug-likeness (QED) is 0.770. The Labute approximate surface area is 135 Å². The highest BCUT2D eigenvalue weighted by Gasteiger charge is 2.36. The van der Waals surface area contributed by atoms with Crippen LogP contribution >= 0.6 is 0 Å². The molecular weight excluding hydrogens is 278 g/mol. The molecule has 0 aromatic carbocycles. The van der Waals surface area contributed by atoms with Crippen molar-refractivity contribution in [3.63, 3.8) is 0 Å². The van der Waals surface area contributed by atoms with Gasteiger partial charge < -0.3 is 19.9 Å². The van der Waals surface area contributed by atoms with Crippen LogP contribution in [-0.4, -0.2) is 75.2 Å². The van der Waals surface area contributed by atoms with E-state index >= 15 is 0 Å². The molecule has 1 saturated heterocycles. The van der Waals surface area contributed by atoms with Crippen LogP contribution in [0.5, 0.6) is 0 Å². The third-order valence-corrected chi connectivity index (χ3v) is 5.58. The minimum absolute atomic E-state index is 0.152. The number of hydrogen-bond acceptors (Lipinski definition) is 4. The van der Waals surface area contributed by atoms with Gasteiger partial charge >= 0.3 is 0 Å². The van der Waals surface area contributed by atoms with E-state index in [0.717, 1.165) is 39.2 Å². The number of methoxy groups -OCH3 is 1. The first-order valence-corrected chi connectivity index (χ1v) is 8.74. The van der Waals surface area contributed by atoms with Crippen molar-refractivity contribution in [2.24, 2.45) is 5.92 Å². The molecule has 1 N–H and O–H groups in total. The molecule has 1 unspecified atom stereocenters. The van der Waals surface area contributed by atoms with Gasteiger partial charge in [-0.05, 0) is 39.9 Å². The van der Waals surface area contributed by atoms with E-state index in [2.05, 4.69) is 29.2 Å². The number of rotatable bonds is 7. The summed E-state index contributed by atoms with van der Waals surface area (Å²) in [7, 11) is 6.03. The van der Waals surface area contributed by atoms with Crippen LogP contribution in [0.25, 0.3) is 0 Å². The Morgan fingerprint density at radius 1 is 1.32 bits per heavy atom. The second-order valence-corrected chi connectivity index (χ2v) is 7.18. The molecule has 1 amide bonds. The fraction of sp³-hybridized carbons (Fsp3) is 0.941. The first-order chi connectivity index (χ1) is 10.6. The summed E-state index contributed by atoms with van der Waals surface area (Å²) in [6.07, 6.45) is 7.27. The van der Waals surface area contributed by atoms with Crippen LogP contribution < -0.4 is 5.32 Å². The van der Waals surface area contributed by atoms with E-state index in [0.29, 0.717) is 0 Å². The number of likely N-dealkylation sites (N-methyl/N-ethyl adjacent to an activating group) is 1. The van der Waals surface area contributed by atoms with E-state index in [1.807, 2.05) is 0 Å². The van der Waals surface area contributed by atoms with Crippen LogP contribution in [0.2, 0.25) is 0 Å². The zero-order chi connectivity index (χ0) is 16.0. The summed E-state index contributed by atoms with van der Waals surface area (Å²) in [6, 6.07) is 0. The number of nitrogens with one attached hydrogen (secondary N) is 1. The lowest BCUT2D eigenvalue weighted by atomic mass is 9.80. The number of carbonyl (C=O) groups excluding carboxylic acids is 1. The van der Waals surface area contributed by atoms with Crippen LogP contribution in [0.1, 0.15) is 38.5 Å². The number of hydrogen-bond donors (Lipinski definition) is 1. The first-order valence-electron chi connectivity index (χ1n) is 8.74. The number of ether oxygens (including phenoxy) is 1. The van der Waals surface area contributed by atoms with Gasteiger partial charge in [0.1, 0.15) is 0 Å². The van der Waals surface area contributed by atoms with Gasteiger partial charge in [-0.3, -0.25) is 4.79 Å². The molecule has 0 spiro atoms. The summed E-state index contributed by atoms with van der Waals surface area (Å²) >= 11 is 0. The van der Waals surface area contributed by atoms with E-state index in [1.165, 1.54) is 32.1 Å². The van der Waals surface area contributed by atoms with Gasteiger partial charge in [-0.25, -0.2) is 0 Å². The summed E-state index contributed by atoms with van der Waals surface area (Å²) < 4.78 is 5.12. The first kappa shape index (κ1) is 17.7. The van der Waals surface area contributed by atoms with Crippen molar-refractivity contribution in [2.45, 2.75) is 44.1 Å². The highest BCUT2D eigenvalue weighted by atomic mass is 16.5. The summed E-state index contributed by atoms with van der Waals surface area (Å²) in [5.41, 5.74) is 0.169. The predicted molar refractivity (Wildman–Crippen MR) is 88.9 cm³/mol. The summed E-state index contributed by atoms with van der Waals surface area (Å²) in [5.74, 6) is 0.395. The maximum absolute atomic E-state index is 12.5. The molecule has 0 aromatic heterocycles.